The number of nitro groups is 1. The lowest BCUT2D eigenvalue weighted by Gasteiger charge is -2.12. The van der Waals surface area contributed by atoms with Crippen LogP contribution in [0.3, 0.4) is 0 Å². The first-order valence-corrected chi connectivity index (χ1v) is 6.43. The van der Waals surface area contributed by atoms with Crippen molar-refractivity contribution in [2.75, 3.05) is 7.11 Å². The maximum Gasteiger partial charge on any atom is 0.311 e. The second-order valence-electron chi connectivity index (χ2n) is 5.09. The Labute approximate surface area is 113 Å². The lowest BCUT2D eigenvalue weighted by molar-refractivity contribution is -0.385. The van der Waals surface area contributed by atoms with Gasteiger partial charge in [0.15, 0.2) is 5.75 Å². The summed E-state index contributed by atoms with van der Waals surface area (Å²) in [7, 11) is 1.41. The quantitative estimate of drug-likeness (QED) is 0.609. The summed E-state index contributed by atoms with van der Waals surface area (Å²) in [4.78, 5) is 10.4. The molecule has 0 heterocycles. The Kier molecular flexibility index (Phi) is 5.76. The van der Waals surface area contributed by atoms with Gasteiger partial charge in [0.05, 0.1) is 18.1 Å². The Morgan fingerprint density at radius 1 is 1.42 bits per heavy atom. The number of rotatable bonds is 7. The van der Waals surface area contributed by atoms with E-state index in [1.54, 1.807) is 12.1 Å². The van der Waals surface area contributed by atoms with Gasteiger partial charge in [0.2, 0.25) is 0 Å². The van der Waals surface area contributed by atoms with Crippen molar-refractivity contribution in [1.82, 2.24) is 0 Å². The zero-order valence-electron chi connectivity index (χ0n) is 11.6. The summed E-state index contributed by atoms with van der Waals surface area (Å²) < 4.78 is 4.95. The zero-order valence-corrected chi connectivity index (χ0v) is 11.6. The van der Waals surface area contributed by atoms with Gasteiger partial charge in [-0.1, -0.05) is 19.9 Å². The third-order valence-electron chi connectivity index (χ3n) is 2.95. The average Bonchev–Trinajstić information content (AvgIpc) is 2.35. The molecule has 0 bridgehead atoms. The van der Waals surface area contributed by atoms with Gasteiger partial charge in [-0.15, -0.1) is 0 Å². The van der Waals surface area contributed by atoms with E-state index in [0.29, 0.717) is 18.8 Å². The summed E-state index contributed by atoms with van der Waals surface area (Å²) in [5.41, 5.74) is 0.814. The van der Waals surface area contributed by atoms with Crippen molar-refractivity contribution in [3.05, 3.63) is 33.9 Å². The molecule has 0 aliphatic carbocycles. The molecule has 106 valence electrons. The van der Waals surface area contributed by atoms with Crippen LogP contribution in [0.2, 0.25) is 0 Å². The largest absolute Gasteiger partial charge is 0.490 e. The minimum Gasteiger partial charge on any atom is -0.490 e. The molecular formula is C14H21NO4. The van der Waals surface area contributed by atoms with Crippen molar-refractivity contribution < 1.29 is 14.8 Å². The first-order chi connectivity index (χ1) is 8.93. The van der Waals surface area contributed by atoms with E-state index in [1.807, 2.05) is 0 Å². The molecule has 0 spiro atoms. The second-order valence-corrected chi connectivity index (χ2v) is 5.09. The topological polar surface area (TPSA) is 72.6 Å². The van der Waals surface area contributed by atoms with Gasteiger partial charge in [-0.3, -0.25) is 10.1 Å². The normalized spacial score (nSPS) is 12.5. The molecule has 0 aromatic heterocycles. The van der Waals surface area contributed by atoms with Crippen molar-refractivity contribution in [3.63, 3.8) is 0 Å². The smallest absolute Gasteiger partial charge is 0.311 e. The number of hydrogen-bond donors (Lipinski definition) is 1. The Hall–Kier alpha value is -1.62. The van der Waals surface area contributed by atoms with Crippen LogP contribution >= 0.6 is 0 Å². The minimum absolute atomic E-state index is 0.0293. The van der Waals surface area contributed by atoms with Gasteiger partial charge >= 0.3 is 5.69 Å². The molecule has 1 aromatic rings. The molecule has 0 fully saturated rings. The Bertz CT molecular complexity index is 431. The van der Waals surface area contributed by atoms with Crippen molar-refractivity contribution in [1.29, 1.82) is 0 Å². The van der Waals surface area contributed by atoms with E-state index < -0.39 is 4.92 Å². The van der Waals surface area contributed by atoms with Crippen LogP contribution < -0.4 is 4.74 Å². The Balaban J connectivity index is 2.69. The summed E-state index contributed by atoms with van der Waals surface area (Å²) >= 11 is 0. The number of aryl methyl sites for hydroxylation is 1. The molecule has 1 atom stereocenters. The van der Waals surface area contributed by atoms with Gasteiger partial charge in [0.25, 0.3) is 0 Å². The molecule has 0 saturated carbocycles. The lowest BCUT2D eigenvalue weighted by Crippen LogP contribution is -2.11. The van der Waals surface area contributed by atoms with Crippen LogP contribution in [0.5, 0.6) is 5.75 Å². The molecule has 0 aliphatic heterocycles. The maximum absolute atomic E-state index is 10.9. The monoisotopic (exact) mass is 267 g/mol. The summed E-state index contributed by atoms with van der Waals surface area (Å²) in [6.45, 7) is 4.11. The van der Waals surface area contributed by atoms with Crippen LogP contribution in [-0.2, 0) is 6.42 Å². The number of methoxy groups -OCH3 is 1. The Morgan fingerprint density at radius 3 is 2.63 bits per heavy atom. The number of ether oxygens (including phenoxy) is 1. The SMILES string of the molecule is COc1ccc(CCC(O)CC(C)C)cc1[N+](=O)[O-]. The molecule has 19 heavy (non-hydrogen) atoms. The molecule has 1 unspecified atom stereocenters. The molecule has 5 nitrogen and oxygen atoms in total. The molecule has 1 rings (SSSR count). The van der Waals surface area contributed by atoms with E-state index in [4.69, 9.17) is 4.74 Å². The Morgan fingerprint density at radius 2 is 2.11 bits per heavy atom. The van der Waals surface area contributed by atoms with Gasteiger partial charge in [-0.05, 0) is 36.8 Å². The minimum atomic E-state index is -0.452. The van der Waals surface area contributed by atoms with E-state index in [0.717, 1.165) is 12.0 Å². The number of nitrogens with zero attached hydrogens (tertiary/aromatic N) is 1. The van der Waals surface area contributed by atoms with Crippen molar-refractivity contribution in [2.24, 2.45) is 5.92 Å². The lowest BCUT2D eigenvalue weighted by atomic mass is 9.99. The highest BCUT2D eigenvalue weighted by molar-refractivity contribution is 5.48. The van der Waals surface area contributed by atoms with Crippen LogP contribution in [0, 0.1) is 16.0 Å². The molecule has 0 saturated heterocycles. The molecule has 0 aliphatic rings. The van der Waals surface area contributed by atoms with Crippen molar-refractivity contribution in [2.45, 2.75) is 39.2 Å². The molecule has 1 aromatic carbocycles. The molecule has 1 N–H and O–H groups in total. The predicted octanol–water partition coefficient (Wildman–Crippen LogP) is 2.94. The molecular weight excluding hydrogens is 246 g/mol. The van der Waals surface area contributed by atoms with Gasteiger partial charge in [-0.25, -0.2) is 0 Å². The highest BCUT2D eigenvalue weighted by atomic mass is 16.6. The number of benzene rings is 1. The van der Waals surface area contributed by atoms with Crippen molar-refractivity contribution in [3.8, 4) is 5.75 Å². The van der Waals surface area contributed by atoms with E-state index in [2.05, 4.69) is 13.8 Å². The summed E-state index contributed by atoms with van der Waals surface area (Å²) in [5.74, 6) is 0.705. The van der Waals surface area contributed by atoms with E-state index >= 15 is 0 Å². The highest BCUT2D eigenvalue weighted by Gasteiger charge is 2.15. The molecule has 5 heteroatoms. The fraction of sp³-hybridized carbons (Fsp3) is 0.571. The number of hydrogen-bond acceptors (Lipinski definition) is 4. The summed E-state index contributed by atoms with van der Waals surface area (Å²) in [6.07, 6.45) is 1.62. The zero-order chi connectivity index (χ0) is 14.4. The molecule has 0 radical (unpaired) electrons. The van der Waals surface area contributed by atoms with Crippen molar-refractivity contribution >= 4 is 5.69 Å². The third kappa shape index (κ3) is 4.87. The third-order valence-corrected chi connectivity index (χ3v) is 2.95. The first-order valence-electron chi connectivity index (χ1n) is 6.43. The van der Waals surface area contributed by atoms with Gasteiger partial charge in [0.1, 0.15) is 0 Å². The van der Waals surface area contributed by atoms with E-state index in [9.17, 15) is 15.2 Å². The molecule has 0 amide bonds. The fourth-order valence-corrected chi connectivity index (χ4v) is 2.03. The maximum atomic E-state index is 10.9. The second kappa shape index (κ2) is 7.09. The van der Waals surface area contributed by atoms with Crippen LogP contribution in [0.4, 0.5) is 5.69 Å². The summed E-state index contributed by atoms with van der Waals surface area (Å²) in [5, 5.41) is 20.7. The first kappa shape index (κ1) is 15.4. The van der Waals surface area contributed by atoms with Gasteiger partial charge in [0, 0.05) is 6.07 Å². The average molecular weight is 267 g/mol. The van der Waals surface area contributed by atoms with Gasteiger partial charge < -0.3 is 9.84 Å². The number of aliphatic hydroxyl groups excluding tert-OH is 1. The van der Waals surface area contributed by atoms with E-state index in [-0.39, 0.29) is 17.5 Å². The number of nitro benzene ring substituents is 1. The van der Waals surface area contributed by atoms with Crippen LogP contribution in [0.25, 0.3) is 0 Å². The summed E-state index contributed by atoms with van der Waals surface area (Å²) in [6, 6.07) is 4.91. The predicted molar refractivity (Wildman–Crippen MR) is 73.4 cm³/mol. The highest BCUT2D eigenvalue weighted by Crippen LogP contribution is 2.28. The van der Waals surface area contributed by atoms with Gasteiger partial charge in [-0.2, -0.15) is 0 Å². The van der Waals surface area contributed by atoms with Crippen LogP contribution in [0.1, 0.15) is 32.3 Å². The van der Waals surface area contributed by atoms with Crippen LogP contribution in [0.15, 0.2) is 18.2 Å². The fourth-order valence-electron chi connectivity index (χ4n) is 2.03. The van der Waals surface area contributed by atoms with E-state index in [1.165, 1.54) is 13.2 Å². The number of aliphatic hydroxyl groups is 1. The van der Waals surface area contributed by atoms with Crippen LogP contribution in [-0.4, -0.2) is 23.2 Å². The standard InChI is InChI=1S/C14H21NO4/c1-10(2)8-12(16)6-4-11-5-7-14(19-3)13(9-11)15(17)18/h5,7,9-10,12,16H,4,6,8H2,1-3H3.